The number of hydrogen-bond donors (Lipinski definition) is 1. The first-order chi connectivity index (χ1) is 13.2. The van der Waals surface area contributed by atoms with Gasteiger partial charge in [-0.2, -0.15) is 10.1 Å². The van der Waals surface area contributed by atoms with Crippen molar-refractivity contribution in [2.45, 2.75) is 0 Å². The molecule has 1 aliphatic rings. The Balaban J connectivity index is 1.43. The van der Waals surface area contributed by atoms with Crippen LogP contribution in [0.25, 0.3) is 0 Å². The Hall–Kier alpha value is -2.93. The molecule has 0 amide bonds. The van der Waals surface area contributed by atoms with Gasteiger partial charge in [-0.1, -0.05) is 29.8 Å². The van der Waals surface area contributed by atoms with E-state index in [-0.39, 0.29) is 5.82 Å². The summed E-state index contributed by atoms with van der Waals surface area (Å²) >= 11 is 6.01. The van der Waals surface area contributed by atoms with Crippen molar-refractivity contribution in [2.24, 2.45) is 0 Å². The quantitative estimate of drug-likeness (QED) is 0.739. The molecule has 8 heteroatoms. The van der Waals surface area contributed by atoms with Gasteiger partial charge in [0, 0.05) is 36.9 Å². The smallest absolute Gasteiger partial charge is 0.247 e. The zero-order chi connectivity index (χ0) is 18.6. The third-order valence-electron chi connectivity index (χ3n) is 4.40. The lowest BCUT2D eigenvalue weighted by atomic mass is 10.2. The van der Waals surface area contributed by atoms with Crippen molar-refractivity contribution in [2.75, 3.05) is 41.3 Å². The molecule has 2 heterocycles. The molecular formula is C19H18ClFN6. The predicted octanol–water partition coefficient (Wildman–Crippen LogP) is 3.73. The number of aromatic nitrogens is 3. The molecule has 27 heavy (non-hydrogen) atoms. The van der Waals surface area contributed by atoms with E-state index in [4.69, 9.17) is 11.6 Å². The number of benzene rings is 2. The summed E-state index contributed by atoms with van der Waals surface area (Å²) in [5.74, 6) is 0.950. The maximum absolute atomic E-state index is 14.0. The van der Waals surface area contributed by atoms with Crippen molar-refractivity contribution in [3.63, 3.8) is 0 Å². The topological polar surface area (TPSA) is 57.2 Å². The van der Waals surface area contributed by atoms with Gasteiger partial charge in [-0.3, -0.25) is 0 Å². The normalized spacial score (nSPS) is 14.3. The van der Waals surface area contributed by atoms with E-state index >= 15 is 0 Å². The molecule has 3 aromatic rings. The minimum Gasteiger partial charge on any atom is -0.366 e. The fourth-order valence-corrected chi connectivity index (χ4v) is 3.25. The first-order valence-electron chi connectivity index (χ1n) is 8.66. The lowest BCUT2D eigenvalue weighted by Crippen LogP contribution is -2.47. The van der Waals surface area contributed by atoms with Crippen LogP contribution >= 0.6 is 11.6 Å². The maximum atomic E-state index is 14.0. The summed E-state index contributed by atoms with van der Waals surface area (Å²) in [6, 6.07) is 14.2. The second kappa shape index (κ2) is 7.75. The second-order valence-corrected chi connectivity index (χ2v) is 6.64. The van der Waals surface area contributed by atoms with E-state index in [0.717, 1.165) is 5.69 Å². The van der Waals surface area contributed by atoms with E-state index in [2.05, 4.69) is 20.5 Å². The summed E-state index contributed by atoms with van der Waals surface area (Å²) in [7, 11) is 0. The molecular weight excluding hydrogens is 367 g/mol. The standard InChI is InChI=1S/C19H18ClFN6/c20-14-4-3-5-15(12-14)23-18-13-22-25-19(24-18)27-10-8-26(9-11-27)17-7-2-1-6-16(17)21/h1-7,12-13H,8-11H2,(H,23,24,25). The third-order valence-corrected chi connectivity index (χ3v) is 4.64. The molecule has 4 rings (SSSR count). The SMILES string of the molecule is Fc1ccccc1N1CCN(c2nncc(Nc3cccc(Cl)c3)n2)CC1. The third kappa shape index (κ3) is 4.09. The molecule has 1 fully saturated rings. The van der Waals surface area contributed by atoms with Crippen LogP contribution in [-0.4, -0.2) is 41.4 Å². The van der Waals surface area contributed by atoms with Crippen LogP contribution in [0.1, 0.15) is 0 Å². The van der Waals surface area contributed by atoms with E-state index in [1.165, 1.54) is 6.07 Å². The van der Waals surface area contributed by atoms with Gasteiger partial charge in [-0.15, -0.1) is 5.10 Å². The van der Waals surface area contributed by atoms with Crippen molar-refractivity contribution in [3.8, 4) is 0 Å². The van der Waals surface area contributed by atoms with Crippen molar-refractivity contribution in [1.82, 2.24) is 15.2 Å². The van der Waals surface area contributed by atoms with Crippen molar-refractivity contribution in [1.29, 1.82) is 0 Å². The largest absolute Gasteiger partial charge is 0.366 e. The number of piperazine rings is 1. The fraction of sp³-hybridized carbons (Fsp3) is 0.211. The Morgan fingerprint density at radius 3 is 2.52 bits per heavy atom. The Morgan fingerprint density at radius 1 is 0.963 bits per heavy atom. The highest BCUT2D eigenvalue weighted by Crippen LogP contribution is 2.22. The average Bonchev–Trinajstić information content (AvgIpc) is 2.69. The molecule has 0 spiro atoms. The molecule has 6 nitrogen and oxygen atoms in total. The number of para-hydroxylation sites is 1. The number of halogens is 2. The van der Waals surface area contributed by atoms with Crippen LogP contribution in [-0.2, 0) is 0 Å². The first kappa shape index (κ1) is 17.5. The van der Waals surface area contributed by atoms with Gasteiger partial charge in [0.2, 0.25) is 5.95 Å². The Bertz CT molecular complexity index is 929. The highest BCUT2D eigenvalue weighted by molar-refractivity contribution is 6.30. The summed E-state index contributed by atoms with van der Waals surface area (Å²) in [6.07, 6.45) is 1.57. The first-order valence-corrected chi connectivity index (χ1v) is 9.03. The van der Waals surface area contributed by atoms with Gasteiger partial charge in [0.25, 0.3) is 0 Å². The minimum atomic E-state index is -0.198. The molecule has 1 N–H and O–H groups in total. The zero-order valence-electron chi connectivity index (χ0n) is 14.5. The van der Waals surface area contributed by atoms with Gasteiger partial charge in [-0.05, 0) is 30.3 Å². The van der Waals surface area contributed by atoms with Crippen molar-refractivity contribution in [3.05, 3.63) is 65.6 Å². The number of anilines is 4. The van der Waals surface area contributed by atoms with Gasteiger partial charge >= 0.3 is 0 Å². The van der Waals surface area contributed by atoms with E-state index in [1.54, 1.807) is 18.3 Å². The molecule has 0 atom stereocenters. The van der Waals surface area contributed by atoms with Crippen LogP contribution in [0.3, 0.4) is 0 Å². The van der Waals surface area contributed by atoms with Crippen LogP contribution < -0.4 is 15.1 Å². The monoisotopic (exact) mass is 384 g/mol. The highest BCUT2D eigenvalue weighted by Gasteiger charge is 2.21. The Kier molecular flexibility index (Phi) is 5.02. The van der Waals surface area contributed by atoms with Crippen LogP contribution in [0.5, 0.6) is 0 Å². The molecule has 2 aromatic carbocycles. The number of nitrogens with one attached hydrogen (secondary N) is 1. The van der Waals surface area contributed by atoms with Crippen molar-refractivity contribution < 1.29 is 4.39 Å². The lowest BCUT2D eigenvalue weighted by molar-refractivity contribution is 0.592. The summed E-state index contributed by atoms with van der Waals surface area (Å²) in [5, 5.41) is 12.0. The summed E-state index contributed by atoms with van der Waals surface area (Å²) in [6.45, 7) is 2.76. The number of nitrogens with zero attached hydrogens (tertiary/aromatic N) is 5. The van der Waals surface area contributed by atoms with E-state index in [9.17, 15) is 4.39 Å². The Morgan fingerprint density at radius 2 is 1.74 bits per heavy atom. The predicted molar refractivity (Wildman–Crippen MR) is 105 cm³/mol. The molecule has 0 saturated carbocycles. The molecule has 0 unspecified atom stereocenters. The van der Waals surface area contributed by atoms with Crippen molar-refractivity contribution >= 4 is 34.7 Å². The molecule has 1 aromatic heterocycles. The van der Waals surface area contributed by atoms with Gasteiger partial charge < -0.3 is 15.1 Å². The second-order valence-electron chi connectivity index (χ2n) is 6.20. The molecule has 0 radical (unpaired) electrons. The van der Waals surface area contributed by atoms with E-state index in [1.807, 2.05) is 40.1 Å². The highest BCUT2D eigenvalue weighted by atomic mass is 35.5. The number of rotatable bonds is 4. The molecule has 138 valence electrons. The van der Waals surface area contributed by atoms with Crippen LogP contribution in [0, 0.1) is 5.82 Å². The Labute approximate surface area is 161 Å². The van der Waals surface area contributed by atoms with Gasteiger partial charge in [-0.25, -0.2) is 4.39 Å². The summed E-state index contributed by atoms with van der Waals surface area (Å²) in [5.41, 5.74) is 1.46. The minimum absolute atomic E-state index is 0.198. The summed E-state index contributed by atoms with van der Waals surface area (Å²) < 4.78 is 14.0. The molecule has 1 aliphatic heterocycles. The maximum Gasteiger partial charge on any atom is 0.247 e. The van der Waals surface area contributed by atoms with Gasteiger partial charge in [0.05, 0.1) is 11.9 Å². The van der Waals surface area contributed by atoms with Gasteiger partial charge in [0.15, 0.2) is 5.82 Å². The van der Waals surface area contributed by atoms with E-state index < -0.39 is 0 Å². The molecule has 0 bridgehead atoms. The lowest BCUT2D eigenvalue weighted by Gasteiger charge is -2.36. The number of hydrogen-bond acceptors (Lipinski definition) is 6. The molecule has 1 saturated heterocycles. The summed E-state index contributed by atoms with van der Waals surface area (Å²) in [4.78, 5) is 8.63. The zero-order valence-corrected chi connectivity index (χ0v) is 15.3. The van der Waals surface area contributed by atoms with Crippen LogP contribution in [0.15, 0.2) is 54.7 Å². The molecule has 0 aliphatic carbocycles. The van der Waals surface area contributed by atoms with Crippen LogP contribution in [0.2, 0.25) is 5.02 Å². The van der Waals surface area contributed by atoms with Crippen LogP contribution in [0.4, 0.5) is 27.5 Å². The van der Waals surface area contributed by atoms with Gasteiger partial charge in [0.1, 0.15) is 5.82 Å². The average molecular weight is 385 g/mol. The van der Waals surface area contributed by atoms with E-state index in [0.29, 0.717) is 48.7 Å². The fourth-order valence-electron chi connectivity index (χ4n) is 3.06.